The van der Waals surface area contributed by atoms with Gasteiger partial charge in [0.25, 0.3) is 0 Å². The van der Waals surface area contributed by atoms with Crippen molar-refractivity contribution in [3.63, 3.8) is 0 Å². The number of aromatic amines is 1. The van der Waals surface area contributed by atoms with Gasteiger partial charge < -0.3 is 15.5 Å². The molecule has 2 aromatic rings. The molecule has 6 heteroatoms. The maximum absolute atomic E-state index is 12.1. The molecule has 6 nitrogen and oxygen atoms in total. The van der Waals surface area contributed by atoms with Gasteiger partial charge in [-0.1, -0.05) is 13.0 Å². The van der Waals surface area contributed by atoms with E-state index >= 15 is 0 Å². The fourth-order valence-corrected chi connectivity index (χ4v) is 1.76. The van der Waals surface area contributed by atoms with Gasteiger partial charge >= 0.3 is 0 Å². The number of carbonyl (C=O) groups is 1. The van der Waals surface area contributed by atoms with E-state index in [9.17, 15) is 4.79 Å². The first-order valence-corrected chi connectivity index (χ1v) is 6.57. The Labute approximate surface area is 117 Å². The average molecular weight is 274 g/mol. The van der Waals surface area contributed by atoms with Crippen LogP contribution in [0, 0.1) is 0 Å². The second-order valence-electron chi connectivity index (χ2n) is 4.44. The molecule has 0 aliphatic rings. The zero-order chi connectivity index (χ0) is 14.5. The highest BCUT2D eigenvalue weighted by molar-refractivity contribution is 6.13. The summed E-state index contributed by atoms with van der Waals surface area (Å²) < 4.78 is 5.76. The minimum atomic E-state index is -0.148. The van der Waals surface area contributed by atoms with E-state index in [4.69, 9.17) is 10.5 Å². The zero-order valence-corrected chi connectivity index (χ0v) is 11.6. The first-order valence-electron chi connectivity index (χ1n) is 6.57. The number of nitrogens with one attached hydrogen (secondary N) is 1. The normalized spacial score (nSPS) is 12.9. The number of allylic oxidation sites excluding steroid dienone is 1. The molecule has 20 heavy (non-hydrogen) atoms. The van der Waals surface area contributed by atoms with Gasteiger partial charge in [0.05, 0.1) is 17.1 Å². The molecular formula is C14H18N4O2. The molecule has 0 aliphatic carbocycles. The van der Waals surface area contributed by atoms with Crippen molar-refractivity contribution in [2.75, 3.05) is 6.54 Å². The first kappa shape index (κ1) is 14.2. The van der Waals surface area contributed by atoms with E-state index in [-0.39, 0.29) is 11.9 Å². The van der Waals surface area contributed by atoms with Crippen molar-refractivity contribution in [1.29, 1.82) is 0 Å². The Hall–Kier alpha value is -2.21. The fourth-order valence-electron chi connectivity index (χ4n) is 1.76. The molecule has 3 N–H and O–H groups in total. The lowest BCUT2D eigenvalue weighted by Gasteiger charge is -2.12. The molecule has 0 saturated carbocycles. The quantitative estimate of drug-likeness (QED) is 0.619. The Morgan fingerprint density at radius 3 is 3.05 bits per heavy atom. The summed E-state index contributed by atoms with van der Waals surface area (Å²) >= 11 is 0. The van der Waals surface area contributed by atoms with E-state index in [1.54, 1.807) is 12.3 Å². The van der Waals surface area contributed by atoms with Crippen LogP contribution in [0.4, 0.5) is 0 Å². The summed E-state index contributed by atoms with van der Waals surface area (Å²) in [4.78, 5) is 23.3. The minimum Gasteiger partial charge on any atom is -0.474 e. The Kier molecular flexibility index (Phi) is 4.47. The van der Waals surface area contributed by atoms with Gasteiger partial charge in [-0.25, -0.2) is 9.97 Å². The molecule has 0 fully saturated rings. The number of hydrogen-bond acceptors (Lipinski definition) is 5. The summed E-state index contributed by atoms with van der Waals surface area (Å²) in [6.45, 7) is 4.30. The predicted molar refractivity (Wildman–Crippen MR) is 76.8 cm³/mol. The van der Waals surface area contributed by atoms with Crippen LogP contribution in [0.5, 0.6) is 5.88 Å². The smallest absolute Gasteiger partial charge is 0.227 e. The monoisotopic (exact) mass is 274 g/mol. The minimum absolute atomic E-state index is 0.0190. The highest BCUT2D eigenvalue weighted by Gasteiger charge is 2.17. The summed E-state index contributed by atoms with van der Waals surface area (Å²) in [7, 11) is 0. The highest BCUT2D eigenvalue weighted by atomic mass is 16.5. The van der Waals surface area contributed by atoms with E-state index in [0.717, 1.165) is 6.42 Å². The van der Waals surface area contributed by atoms with Crippen LogP contribution in [0.3, 0.4) is 0 Å². The number of carbonyl (C=O) groups excluding carboxylic acids is 1. The molecule has 2 aromatic heterocycles. The largest absolute Gasteiger partial charge is 0.474 e. The Bertz CT molecular complexity index is 633. The third kappa shape index (κ3) is 2.85. The Morgan fingerprint density at radius 1 is 1.55 bits per heavy atom. The van der Waals surface area contributed by atoms with Crippen molar-refractivity contribution in [1.82, 2.24) is 15.0 Å². The zero-order valence-electron chi connectivity index (χ0n) is 11.6. The molecule has 1 atom stereocenters. The van der Waals surface area contributed by atoms with Crippen molar-refractivity contribution < 1.29 is 9.53 Å². The van der Waals surface area contributed by atoms with E-state index in [2.05, 4.69) is 15.0 Å². The maximum Gasteiger partial charge on any atom is 0.227 e. The second kappa shape index (κ2) is 6.29. The number of aromatic nitrogens is 3. The summed E-state index contributed by atoms with van der Waals surface area (Å²) in [6, 6.07) is 0. The predicted octanol–water partition coefficient (Wildman–Crippen LogP) is 1.83. The molecule has 0 amide bonds. The van der Waals surface area contributed by atoms with Gasteiger partial charge in [0.2, 0.25) is 5.88 Å². The molecule has 0 saturated heterocycles. The SMILES string of the molecule is CCC(C)Oc1ncnc2[nH]cc(C(=O)C=CCN)c12. The van der Waals surface area contributed by atoms with E-state index < -0.39 is 0 Å². The lowest BCUT2D eigenvalue weighted by atomic mass is 10.1. The summed E-state index contributed by atoms with van der Waals surface area (Å²) in [6.07, 6.45) is 6.97. The van der Waals surface area contributed by atoms with Crippen molar-refractivity contribution in [2.24, 2.45) is 5.73 Å². The molecule has 0 spiro atoms. The van der Waals surface area contributed by atoms with Gasteiger partial charge in [0, 0.05) is 12.7 Å². The van der Waals surface area contributed by atoms with E-state index in [1.807, 2.05) is 13.8 Å². The lowest BCUT2D eigenvalue weighted by molar-refractivity contribution is 0.104. The van der Waals surface area contributed by atoms with Gasteiger partial charge in [-0.15, -0.1) is 0 Å². The topological polar surface area (TPSA) is 93.9 Å². The maximum atomic E-state index is 12.1. The van der Waals surface area contributed by atoms with Crippen LogP contribution >= 0.6 is 0 Å². The number of rotatable bonds is 6. The van der Waals surface area contributed by atoms with Gasteiger partial charge in [-0.2, -0.15) is 0 Å². The molecule has 0 radical (unpaired) electrons. The Morgan fingerprint density at radius 2 is 2.35 bits per heavy atom. The first-order chi connectivity index (χ1) is 9.67. The van der Waals surface area contributed by atoms with Gasteiger partial charge in [0.1, 0.15) is 12.0 Å². The highest BCUT2D eigenvalue weighted by Crippen LogP contribution is 2.26. The number of nitrogens with two attached hydrogens (primary N) is 1. The van der Waals surface area contributed by atoms with Crippen LogP contribution in [0.15, 0.2) is 24.7 Å². The van der Waals surface area contributed by atoms with Crippen molar-refractivity contribution in [3.8, 4) is 5.88 Å². The number of hydrogen-bond donors (Lipinski definition) is 2. The van der Waals surface area contributed by atoms with Crippen molar-refractivity contribution in [2.45, 2.75) is 26.4 Å². The van der Waals surface area contributed by atoms with Crippen molar-refractivity contribution in [3.05, 3.63) is 30.2 Å². The Balaban J connectivity index is 2.46. The second-order valence-corrected chi connectivity index (χ2v) is 4.44. The fraction of sp³-hybridized carbons (Fsp3) is 0.357. The standard InChI is InChI=1S/C14H18N4O2/c1-3-9(2)20-14-12-10(11(19)5-4-6-15)7-16-13(12)17-8-18-14/h4-5,7-9H,3,6,15H2,1-2H3,(H,16,17,18). The number of fused-ring (bicyclic) bond motifs is 1. The number of ether oxygens (including phenoxy) is 1. The summed E-state index contributed by atoms with van der Waals surface area (Å²) in [5, 5.41) is 0.611. The molecule has 106 valence electrons. The lowest BCUT2D eigenvalue weighted by Crippen LogP contribution is -2.11. The molecule has 0 aliphatic heterocycles. The van der Waals surface area contributed by atoms with E-state index in [0.29, 0.717) is 29.0 Å². The molecule has 2 heterocycles. The van der Waals surface area contributed by atoms with Crippen LogP contribution in [0.2, 0.25) is 0 Å². The molecule has 2 rings (SSSR count). The van der Waals surface area contributed by atoms with Crippen LogP contribution in [0.25, 0.3) is 11.0 Å². The average Bonchev–Trinajstić information content (AvgIpc) is 2.89. The van der Waals surface area contributed by atoms with Gasteiger partial charge in [-0.05, 0) is 19.4 Å². The number of H-pyrrole nitrogens is 1. The number of nitrogens with zero attached hydrogens (tertiary/aromatic N) is 2. The third-order valence-corrected chi connectivity index (χ3v) is 2.99. The van der Waals surface area contributed by atoms with Gasteiger partial charge in [-0.3, -0.25) is 4.79 Å². The summed E-state index contributed by atoms with van der Waals surface area (Å²) in [5.74, 6) is 0.278. The number of ketones is 1. The van der Waals surface area contributed by atoms with Crippen LogP contribution in [0.1, 0.15) is 30.6 Å². The molecule has 1 unspecified atom stereocenters. The van der Waals surface area contributed by atoms with Crippen LogP contribution < -0.4 is 10.5 Å². The van der Waals surface area contributed by atoms with Crippen LogP contribution in [-0.4, -0.2) is 33.4 Å². The molecule has 0 bridgehead atoms. The van der Waals surface area contributed by atoms with Crippen LogP contribution in [-0.2, 0) is 0 Å². The van der Waals surface area contributed by atoms with Crippen molar-refractivity contribution >= 4 is 16.8 Å². The van der Waals surface area contributed by atoms with E-state index in [1.165, 1.54) is 12.4 Å². The summed E-state index contributed by atoms with van der Waals surface area (Å²) in [5.41, 5.74) is 6.44. The molecular weight excluding hydrogens is 256 g/mol. The molecule has 0 aromatic carbocycles. The third-order valence-electron chi connectivity index (χ3n) is 2.99. The van der Waals surface area contributed by atoms with Gasteiger partial charge in [0.15, 0.2) is 5.78 Å².